The van der Waals surface area contributed by atoms with Gasteiger partial charge in [0, 0.05) is 17.5 Å². The van der Waals surface area contributed by atoms with E-state index >= 15 is 0 Å². The Hall–Kier alpha value is -2.03. The van der Waals surface area contributed by atoms with Gasteiger partial charge in [0.05, 0.1) is 26.4 Å². The summed E-state index contributed by atoms with van der Waals surface area (Å²) in [4.78, 5) is 12.3. The fraction of sp³-hybridized carbons (Fsp3) is 0.348. The molecule has 0 amide bonds. The van der Waals surface area contributed by atoms with E-state index in [1.54, 1.807) is 0 Å². The van der Waals surface area contributed by atoms with Crippen molar-refractivity contribution in [3.05, 3.63) is 73.7 Å². The highest BCUT2D eigenvalue weighted by atomic mass is 35.5. The van der Waals surface area contributed by atoms with Crippen LogP contribution in [0.15, 0.2) is 36.4 Å². The van der Waals surface area contributed by atoms with E-state index in [-0.39, 0.29) is 17.2 Å². The molecule has 0 radical (unpaired) electrons. The number of Topliss-reactive ketones (excluding diaryl/α,β-unsaturated/α-hetero) is 1. The zero-order valence-corrected chi connectivity index (χ0v) is 22.5. The molecule has 0 aromatic heterocycles. The second-order valence-electron chi connectivity index (χ2n) is 8.32. The van der Waals surface area contributed by atoms with Crippen molar-refractivity contribution in [2.24, 2.45) is 0 Å². The molecule has 0 N–H and O–H groups in total. The number of alkyl halides is 9. The van der Waals surface area contributed by atoms with Crippen molar-refractivity contribution < 1.29 is 57.1 Å². The highest BCUT2D eigenvalue weighted by Gasteiger charge is 2.41. The van der Waals surface area contributed by atoms with Crippen LogP contribution in [-0.2, 0) is 16.0 Å². The Balaban J connectivity index is 2.42. The summed E-state index contributed by atoms with van der Waals surface area (Å²) in [5, 5.41) is -1.09. The zero-order chi connectivity index (χ0) is 30.8. The van der Waals surface area contributed by atoms with Crippen LogP contribution in [0.2, 0.25) is 15.1 Å². The van der Waals surface area contributed by atoms with Gasteiger partial charge in [-0.25, -0.2) is 12.8 Å². The van der Waals surface area contributed by atoms with Gasteiger partial charge in [-0.15, -0.1) is 0 Å². The SMILES string of the molecule is O=C(CCCS(=O)(=O)CC(F)(F)F)c1ccc(/C(F)=C/C(c2cc(Cl)c(Cl)c(Cl)c2)C(F)(F)F)cc1C(F)(F)F. The lowest BCUT2D eigenvalue weighted by molar-refractivity contribution is -0.140. The molecule has 0 spiro atoms. The normalized spacial score (nSPS) is 14.4. The van der Waals surface area contributed by atoms with Crippen molar-refractivity contribution in [1.82, 2.24) is 0 Å². The molecule has 0 fully saturated rings. The van der Waals surface area contributed by atoms with Crippen LogP contribution in [0.4, 0.5) is 43.9 Å². The molecule has 2 rings (SSSR count). The summed E-state index contributed by atoms with van der Waals surface area (Å²) in [5.41, 5.74) is -4.50. The predicted octanol–water partition coefficient (Wildman–Crippen LogP) is 9.26. The lowest BCUT2D eigenvalue weighted by Crippen LogP contribution is -2.25. The average Bonchev–Trinajstić information content (AvgIpc) is 2.77. The molecule has 0 saturated carbocycles. The van der Waals surface area contributed by atoms with Gasteiger partial charge in [0.15, 0.2) is 15.6 Å². The van der Waals surface area contributed by atoms with E-state index in [1.807, 2.05) is 0 Å². The number of benzene rings is 2. The van der Waals surface area contributed by atoms with Crippen molar-refractivity contribution in [1.29, 1.82) is 0 Å². The molecule has 0 aliphatic heterocycles. The van der Waals surface area contributed by atoms with Crippen LogP contribution in [-0.4, -0.2) is 38.1 Å². The number of carbonyl (C=O) groups is 1. The molecule has 2 aromatic carbocycles. The molecule has 1 atom stereocenters. The standard InChI is InChI=1S/C23H15Cl3F10O3S/c24-16-7-12(8-17(25)20(16)26)14(22(31,32)33)9-18(27)11-3-4-13(15(6-11)23(34,35)36)19(37)2-1-5-40(38,39)10-21(28,29)30/h3-4,6-9,14H,1-2,5,10H2/b18-9-. The zero-order valence-electron chi connectivity index (χ0n) is 19.4. The number of hydrogen-bond acceptors (Lipinski definition) is 3. The van der Waals surface area contributed by atoms with Gasteiger partial charge in [0.1, 0.15) is 17.5 Å². The number of carbonyl (C=O) groups excluding carboxylic acids is 1. The van der Waals surface area contributed by atoms with Crippen molar-refractivity contribution in [2.45, 2.75) is 37.3 Å². The van der Waals surface area contributed by atoms with Gasteiger partial charge in [-0.2, -0.15) is 39.5 Å². The van der Waals surface area contributed by atoms with Crippen LogP contribution in [0.1, 0.15) is 45.8 Å². The second-order valence-corrected chi connectivity index (χ2v) is 11.7. The van der Waals surface area contributed by atoms with Gasteiger partial charge in [-0.1, -0.05) is 46.9 Å². The Morgan fingerprint density at radius 1 is 0.900 bits per heavy atom. The molecule has 3 nitrogen and oxygen atoms in total. The third-order valence-electron chi connectivity index (χ3n) is 5.17. The maximum atomic E-state index is 14.9. The minimum atomic E-state index is -5.32. The monoisotopic (exact) mass is 666 g/mol. The van der Waals surface area contributed by atoms with Crippen LogP contribution in [0, 0.1) is 0 Å². The van der Waals surface area contributed by atoms with Gasteiger partial charge in [-0.3, -0.25) is 4.79 Å². The van der Waals surface area contributed by atoms with Gasteiger partial charge >= 0.3 is 18.5 Å². The van der Waals surface area contributed by atoms with E-state index in [4.69, 9.17) is 34.8 Å². The number of hydrogen-bond donors (Lipinski definition) is 0. The Labute approximate surface area is 235 Å². The first kappa shape index (κ1) is 34.2. The summed E-state index contributed by atoms with van der Waals surface area (Å²) in [6.07, 6.45) is -17.2. The Kier molecular flexibility index (Phi) is 10.6. The number of halogens is 13. The van der Waals surface area contributed by atoms with E-state index in [2.05, 4.69) is 0 Å². The van der Waals surface area contributed by atoms with Crippen LogP contribution in [0.3, 0.4) is 0 Å². The molecule has 0 saturated heterocycles. The minimum absolute atomic E-state index is 0.0294. The van der Waals surface area contributed by atoms with Gasteiger partial charge in [0.2, 0.25) is 0 Å². The molecular formula is C23H15Cl3F10O3S. The first-order valence-corrected chi connectivity index (χ1v) is 13.6. The number of rotatable bonds is 9. The van der Waals surface area contributed by atoms with Crippen molar-refractivity contribution in [3.8, 4) is 0 Å². The highest BCUT2D eigenvalue weighted by Crippen LogP contribution is 2.43. The predicted molar refractivity (Wildman–Crippen MR) is 129 cm³/mol. The van der Waals surface area contributed by atoms with E-state index in [0.29, 0.717) is 12.1 Å². The molecule has 1 unspecified atom stereocenters. The molecule has 40 heavy (non-hydrogen) atoms. The Morgan fingerprint density at radius 3 is 1.93 bits per heavy atom. The van der Waals surface area contributed by atoms with E-state index in [1.165, 1.54) is 0 Å². The molecule has 0 heterocycles. The summed E-state index contributed by atoms with van der Waals surface area (Å²) in [6.45, 7) is 0. The van der Waals surface area contributed by atoms with Crippen molar-refractivity contribution in [3.63, 3.8) is 0 Å². The summed E-state index contributed by atoms with van der Waals surface area (Å²) in [5.74, 6) is -9.15. The van der Waals surface area contributed by atoms with Gasteiger partial charge in [-0.05, 0) is 36.3 Å². The van der Waals surface area contributed by atoms with Gasteiger partial charge in [0.25, 0.3) is 0 Å². The fourth-order valence-electron chi connectivity index (χ4n) is 3.46. The maximum Gasteiger partial charge on any atom is 0.417 e. The number of ketones is 1. The third kappa shape index (κ3) is 9.52. The lowest BCUT2D eigenvalue weighted by Gasteiger charge is -2.19. The fourth-order valence-corrected chi connectivity index (χ4v) is 5.30. The summed E-state index contributed by atoms with van der Waals surface area (Å²) < 4.78 is 157. The smallest absolute Gasteiger partial charge is 0.294 e. The first-order valence-electron chi connectivity index (χ1n) is 10.6. The molecule has 0 bridgehead atoms. The molecule has 0 aliphatic rings. The van der Waals surface area contributed by atoms with Gasteiger partial charge < -0.3 is 0 Å². The first-order chi connectivity index (χ1) is 18.0. The third-order valence-corrected chi connectivity index (χ3v) is 8.05. The van der Waals surface area contributed by atoms with E-state index in [9.17, 15) is 57.1 Å². The van der Waals surface area contributed by atoms with E-state index < -0.39 is 103 Å². The van der Waals surface area contributed by atoms with Crippen LogP contribution < -0.4 is 0 Å². The highest BCUT2D eigenvalue weighted by molar-refractivity contribution is 7.91. The summed E-state index contributed by atoms with van der Waals surface area (Å²) in [6, 6.07) is 2.63. The summed E-state index contributed by atoms with van der Waals surface area (Å²) >= 11 is 17.2. The van der Waals surface area contributed by atoms with Crippen LogP contribution in [0.5, 0.6) is 0 Å². The van der Waals surface area contributed by atoms with Crippen molar-refractivity contribution in [2.75, 3.05) is 11.5 Å². The van der Waals surface area contributed by atoms with E-state index in [0.717, 1.165) is 12.1 Å². The average molecular weight is 668 g/mol. The summed E-state index contributed by atoms with van der Waals surface area (Å²) in [7, 11) is -4.70. The minimum Gasteiger partial charge on any atom is -0.294 e. The Bertz CT molecular complexity index is 1380. The van der Waals surface area contributed by atoms with Crippen molar-refractivity contribution >= 4 is 56.3 Å². The molecule has 0 aliphatic carbocycles. The lowest BCUT2D eigenvalue weighted by atomic mass is 9.94. The second kappa shape index (κ2) is 12.5. The topological polar surface area (TPSA) is 51.2 Å². The number of sulfone groups is 1. The molecule has 2 aromatic rings. The quantitative estimate of drug-likeness (QED) is 0.152. The largest absolute Gasteiger partial charge is 0.417 e. The van der Waals surface area contributed by atoms with Crippen LogP contribution >= 0.6 is 34.8 Å². The molecule has 222 valence electrons. The Morgan fingerprint density at radius 2 is 1.45 bits per heavy atom. The van der Waals surface area contributed by atoms with Crippen LogP contribution in [0.25, 0.3) is 5.83 Å². The number of allylic oxidation sites excluding steroid dienone is 1. The molecular weight excluding hydrogens is 653 g/mol. The molecule has 17 heteroatoms. The maximum absolute atomic E-state index is 14.9.